The fourth-order valence-electron chi connectivity index (χ4n) is 1.79. The van der Waals surface area contributed by atoms with Crippen LogP contribution in [-0.4, -0.2) is 7.05 Å². The molecule has 0 aromatic heterocycles. The summed E-state index contributed by atoms with van der Waals surface area (Å²) >= 11 is 0. The van der Waals surface area contributed by atoms with E-state index in [0.717, 1.165) is 19.3 Å². The highest BCUT2D eigenvalue weighted by Crippen LogP contribution is 2.25. The molecule has 1 aromatic rings. The number of aryl methyl sites for hydroxylation is 1. The first-order valence-corrected chi connectivity index (χ1v) is 5.73. The lowest BCUT2D eigenvalue weighted by Crippen LogP contribution is -2.18. The van der Waals surface area contributed by atoms with Gasteiger partial charge in [0, 0.05) is 11.6 Å². The van der Waals surface area contributed by atoms with Crippen LogP contribution in [0.3, 0.4) is 0 Å². The zero-order chi connectivity index (χ0) is 12.1. The van der Waals surface area contributed by atoms with Gasteiger partial charge in [-0.3, -0.25) is 0 Å². The highest BCUT2D eigenvalue weighted by molar-refractivity contribution is 5.27. The summed E-state index contributed by atoms with van der Waals surface area (Å²) in [4.78, 5) is 0. The van der Waals surface area contributed by atoms with Gasteiger partial charge in [-0.1, -0.05) is 31.9 Å². The van der Waals surface area contributed by atoms with Crippen molar-refractivity contribution in [1.29, 1.82) is 0 Å². The third-order valence-electron chi connectivity index (χ3n) is 2.88. The topological polar surface area (TPSA) is 12.0 Å². The molecule has 3 heteroatoms. The third kappa shape index (κ3) is 2.79. The standard InChI is InChI=1S/C13H19F2N/c1-4-5-6-11(16-3)10-8-7-9(2)12(14)13(10)15/h7-8,11,16H,4-6H2,1-3H3. The molecule has 0 aliphatic carbocycles. The number of nitrogens with one attached hydrogen (secondary N) is 1. The summed E-state index contributed by atoms with van der Waals surface area (Å²) in [6, 6.07) is 3.20. The lowest BCUT2D eigenvalue weighted by molar-refractivity contribution is 0.453. The summed E-state index contributed by atoms with van der Waals surface area (Å²) in [6.07, 6.45) is 2.88. The van der Waals surface area contributed by atoms with Crippen molar-refractivity contribution < 1.29 is 8.78 Å². The molecule has 0 aliphatic heterocycles. The van der Waals surface area contributed by atoms with Crippen LogP contribution in [0.2, 0.25) is 0 Å². The predicted octanol–water partition coefficient (Wildman–Crippen LogP) is 3.72. The van der Waals surface area contributed by atoms with E-state index in [1.165, 1.54) is 0 Å². The zero-order valence-corrected chi connectivity index (χ0v) is 10.1. The summed E-state index contributed by atoms with van der Waals surface area (Å²) < 4.78 is 27.1. The molecule has 1 unspecified atom stereocenters. The Labute approximate surface area is 95.9 Å². The molecule has 1 atom stereocenters. The van der Waals surface area contributed by atoms with Crippen molar-refractivity contribution in [3.63, 3.8) is 0 Å². The van der Waals surface area contributed by atoms with Gasteiger partial charge in [0.2, 0.25) is 0 Å². The SMILES string of the molecule is CCCCC(NC)c1ccc(C)c(F)c1F. The molecule has 0 amide bonds. The number of halogens is 2. The van der Waals surface area contributed by atoms with Gasteiger partial charge in [0.15, 0.2) is 11.6 Å². The fraction of sp³-hybridized carbons (Fsp3) is 0.538. The van der Waals surface area contributed by atoms with Crippen LogP contribution >= 0.6 is 0 Å². The van der Waals surface area contributed by atoms with Gasteiger partial charge in [0.25, 0.3) is 0 Å². The van der Waals surface area contributed by atoms with Crippen molar-refractivity contribution in [2.75, 3.05) is 7.05 Å². The minimum atomic E-state index is -0.728. The second-order valence-electron chi connectivity index (χ2n) is 4.08. The molecule has 90 valence electrons. The average Bonchev–Trinajstić information content (AvgIpc) is 2.29. The number of benzene rings is 1. The first-order chi connectivity index (χ1) is 7.61. The normalized spacial score (nSPS) is 12.8. The smallest absolute Gasteiger partial charge is 0.163 e. The van der Waals surface area contributed by atoms with Crippen LogP contribution in [0.5, 0.6) is 0 Å². The van der Waals surface area contributed by atoms with Crippen LogP contribution in [-0.2, 0) is 0 Å². The first kappa shape index (κ1) is 13.1. The Bertz CT molecular complexity index is 350. The number of hydrogen-bond donors (Lipinski definition) is 1. The van der Waals surface area contributed by atoms with Gasteiger partial charge >= 0.3 is 0 Å². The summed E-state index contributed by atoms with van der Waals surface area (Å²) in [5.41, 5.74) is 0.783. The van der Waals surface area contributed by atoms with Crippen LogP contribution in [0.4, 0.5) is 8.78 Å². The van der Waals surface area contributed by atoms with Crippen molar-refractivity contribution in [3.05, 3.63) is 34.9 Å². The van der Waals surface area contributed by atoms with E-state index in [0.29, 0.717) is 11.1 Å². The van der Waals surface area contributed by atoms with Crippen molar-refractivity contribution in [2.45, 2.75) is 39.2 Å². The Hall–Kier alpha value is -0.960. The molecule has 1 nitrogen and oxygen atoms in total. The molecule has 0 saturated heterocycles. The lowest BCUT2D eigenvalue weighted by Gasteiger charge is -2.17. The molecule has 1 rings (SSSR count). The monoisotopic (exact) mass is 227 g/mol. The number of hydrogen-bond acceptors (Lipinski definition) is 1. The van der Waals surface area contributed by atoms with Gasteiger partial charge in [0.05, 0.1) is 0 Å². The Morgan fingerprint density at radius 1 is 1.25 bits per heavy atom. The lowest BCUT2D eigenvalue weighted by atomic mass is 9.99. The molecule has 1 aromatic carbocycles. The van der Waals surface area contributed by atoms with E-state index < -0.39 is 11.6 Å². The van der Waals surface area contributed by atoms with E-state index in [4.69, 9.17) is 0 Å². The van der Waals surface area contributed by atoms with E-state index in [2.05, 4.69) is 12.2 Å². The molecule has 0 saturated carbocycles. The summed E-state index contributed by atoms with van der Waals surface area (Å²) in [5, 5.41) is 3.03. The third-order valence-corrected chi connectivity index (χ3v) is 2.88. The maximum atomic E-state index is 13.7. The van der Waals surface area contributed by atoms with Crippen LogP contribution < -0.4 is 5.32 Å². The van der Waals surface area contributed by atoms with E-state index in [-0.39, 0.29) is 6.04 Å². The zero-order valence-electron chi connectivity index (χ0n) is 10.1. The van der Waals surface area contributed by atoms with Crippen molar-refractivity contribution in [3.8, 4) is 0 Å². The van der Waals surface area contributed by atoms with Gasteiger partial charge in [0.1, 0.15) is 0 Å². The minimum absolute atomic E-state index is 0.102. The maximum Gasteiger partial charge on any atom is 0.163 e. The summed E-state index contributed by atoms with van der Waals surface area (Å²) in [6.45, 7) is 3.65. The van der Waals surface area contributed by atoms with Crippen LogP contribution in [0, 0.1) is 18.6 Å². The van der Waals surface area contributed by atoms with Gasteiger partial charge < -0.3 is 5.32 Å². The van der Waals surface area contributed by atoms with E-state index >= 15 is 0 Å². The quantitative estimate of drug-likeness (QED) is 0.808. The Morgan fingerprint density at radius 2 is 1.94 bits per heavy atom. The molecular weight excluding hydrogens is 208 g/mol. The molecule has 0 spiro atoms. The molecule has 16 heavy (non-hydrogen) atoms. The van der Waals surface area contributed by atoms with Gasteiger partial charge in [-0.05, 0) is 26.0 Å². The predicted molar refractivity (Wildman–Crippen MR) is 62.4 cm³/mol. The minimum Gasteiger partial charge on any atom is -0.313 e. The number of unbranched alkanes of at least 4 members (excludes halogenated alkanes) is 1. The highest BCUT2D eigenvalue weighted by atomic mass is 19.2. The summed E-state index contributed by atoms with van der Waals surface area (Å²) in [5.74, 6) is -1.44. The van der Waals surface area contributed by atoms with Crippen LogP contribution in [0.1, 0.15) is 43.4 Å². The molecule has 0 bridgehead atoms. The van der Waals surface area contributed by atoms with Crippen LogP contribution in [0.25, 0.3) is 0 Å². The largest absolute Gasteiger partial charge is 0.313 e. The van der Waals surface area contributed by atoms with Crippen LogP contribution in [0.15, 0.2) is 12.1 Å². The highest BCUT2D eigenvalue weighted by Gasteiger charge is 2.17. The average molecular weight is 227 g/mol. The van der Waals surface area contributed by atoms with E-state index in [1.54, 1.807) is 26.1 Å². The molecule has 0 fully saturated rings. The second-order valence-corrected chi connectivity index (χ2v) is 4.08. The fourth-order valence-corrected chi connectivity index (χ4v) is 1.79. The van der Waals surface area contributed by atoms with Gasteiger partial charge in [-0.2, -0.15) is 0 Å². The van der Waals surface area contributed by atoms with E-state index in [9.17, 15) is 8.78 Å². The first-order valence-electron chi connectivity index (χ1n) is 5.73. The van der Waals surface area contributed by atoms with E-state index in [1.807, 2.05) is 0 Å². The second kappa shape index (κ2) is 5.94. The Morgan fingerprint density at radius 3 is 2.50 bits per heavy atom. The Kier molecular flexibility index (Phi) is 4.87. The molecule has 0 radical (unpaired) electrons. The van der Waals surface area contributed by atoms with Gasteiger partial charge in [-0.25, -0.2) is 8.78 Å². The van der Waals surface area contributed by atoms with Crippen molar-refractivity contribution in [2.24, 2.45) is 0 Å². The summed E-state index contributed by atoms with van der Waals surface area (Å²) in [7, 11) is 1.78. The maximum absolute atomic E-state index is 13.7. The Balaban J connectivity index is 2.96. The van der Waals surface area contributed by atoms with Gasteiger partial charge in [-0.15, -0.1) is 0 Å². The number of rotatable bonds is 5. The van der Waals surface area contributed by atoms with Crippen molar-refractivity contribution >= 4 is 0 Å². The molecule has 1 N–H and O–H groups in total. The van der Waals surface area contributed by atoms with Crippen molar-refractivity contribution in [1.82, 2.24) is 5.32 Å². The molecular formula is C13H19F2N. The molecule has 0 heterocycles. The molecule has 0 aliphatic rings.